The van der Waals surface area contributed by atoms with Gasteiger partial charge in [0.05, 0.1) is 10.6 Å². The number of carbonyl (C=O) groups is 2. The van der Waals surface area contributed by atoms with Crippen LogP contribution in [0.5, 0.6) is 0 Å². The third kappa shape index (κ3) is 7.72. The van der Waals surface area contributed by atoms with Crippen LogP contribution in [0.15, 0.2) is 65.6 Å². The van der Waals surface area contributed by atoms with Crippen molar-refractivity contribution in [3.8, 4) is 0 Å². The molecule has 10 heteroatoms. The number of nitrogens with one attached hydrogen (secondary N) is 1. The molecule has 7 nitrogen and oxygen atoms in total. The summed E-state index contributed by atoms with van der Waals surface area (Å²) in [5.41, 5.74) is 3.55. The Hall–Kier alpha value is -3.07. The Balaban J connectivity index is 1.76. The highest BCUT2D eigenvalue weighted by Gasteiger charge is 2.35. The Kier molecular flexibility index (Phi) is 10.8. The maximum atomic E-state index is 14.4. The average Bonchev–Trinajstić information content (AvgIpc) is 3.47. The monoisotopic (exact) mass is 643 g/mol. The molecule has 0 spiro atoms. The lowest BCUT2D eigenvalue weighted by Gasteiger charge is -2.34. The van der Waals surface area contributed by atoms with Crippen LogP contribution >= 0.6 is 23.2 Å². The Morgan fingerprint density at radius 2 is 1.65 bits per heavy atom. The van der Waals surface area contributed by atoms with Crippen molar-refractivity contribution in [2.24, 2.45) is 0 Å². The zero-order valence-electron chi connectivity index (χ0n) is 25.1. The van der Waals surface area contributed by atoms with Crippen molar-refractivity contribution < 1.29 is 18.0 Å². The highest BCUT2D eigenvalue weighted by atomic mass is 35.5. The number of amides is 2. The molecule has 0 aromatic heterocycles. The number of benzene rings is 3. The van der Waals surface area contributed by atoms with E-state index in [4.69, 9.17) is 23.2 Å². The first-order valence-corrected chi connectivity index (χ1v) is 16.8. The first kappa shape index (κ1) is 32.8. The fraction of sp³-hybridized carbons (Fsp3) is 0.394. The number of carbonyl (C=O) groups excluding carboxylic acids is 2. The standard InChI is InChI=1S/C33H39Cl2N3O4S/c1-5-30(33(40)36-27-10-6-7-11-27)37(20-25-15-16-26(34)19-29(25)35)32(39)21-38(31-12-8-9-23(3)24(31)4)43(41,42)28-17-13-22(2)14-18-28/h8-9,12-19,27,30H,5-7,10-11,20-21H2,1-4H3,(H,36,40). The summed E-state index contributed by atoms with van der Waals surface area (Å²) < 4.78 is 29.5. The molecule has 2 amide bonds. The summed E-state index contributed by atoms with van der Waals surface area (Å²) in [6.45, 7) is 6.96. The van der Waals surface area contributed by atoms with Crippen molar-refractivity contribution in [1.29, 1.82) is 0 Å². The number of rotatable bonds is 11. The predicted octanol–water partition coefficient (Wildman–Crippen LogP) is 6.98. The van der Waals surface area contributed by atoms with Gasteiger partial charge in [-0.15, -0.1) is 0 Å². The van der Waals surface area contributed by atoms with Gasteiger partial charge in [0.15, 0.2) is 0 Å². The van der Waals surface area contributed by atoms with Gasteiger partial charge in [0.25, 0.3) is 10.0 Å². The van der Waals surface area contributed by atoms with Crippen molar-refractivity contribution in [3.05, 3.63) is 93.0 Å². The van der Waals surface area contributed by atoms with Crippen molar-refractivity contribution in [2.75, 3.05) is 10.8 Å². The number of nitrogens with zero attached hydrogens (tertiary/aromatic N) is 2. The van der Waals surface area contributed by atoms with E-state index in [-0.39, 0.29) is 23.4 Å². The fourth-order valence-corrected chi connectivity index (χ4v) is 7.42. The normalized spacial score (nSPS) is 14.4. The quantitative estimate of drug-likeness (QED) is 0.244. The van der Waals surface area contributed by atoms with Crippen LogP contribution in [0.1, 0.15) is 61.3 Å². The third-order valence-corrected chi connectivity index (χ3v) is 10.5. The molecule has 0 heterocycles. The molecule has 0 aliphatic heterocycles. The SMILES string of the molecule is CCC(C(=O)NC1CCCC1)N(Cc1ccc(Cl)cc1Cl)C(=O)CN(c1cccc(C)c1C)S(=O)(=O)c1ccc(C)cc1. The molecule has 1 aliphatic rings. The summed E-state index contributed by atoms with van der Waals surface area (Å²) in [7, 11) is -4.15. The largest absolute Gasteiger partial charge is 0.352 e. The van der Waals surface area contributed by atoms with E-state index in [0.29, 0.717) is 27.7 Å². The van der Waals surface area contributed by atoms with Crippen LogP contribution < -0.4 is 9.62 Å². The topological polar surface area (TPSA) is 86.8 Å². The van der Waals surface area contributed by atoms with Gasteiger partial charge < -0.3 is 10.2 Å². The van der Waals surface area contributed by atoms with Crippen molar-refractivity contribution in [3.63, 3.8) is 0 Å². The molecule has 1 aliphatic carbocycles. The maximum Gasteiger partial charge on any atom is 0.264 e. The van der Waals surface area contributed by atoms with Gasteiger partial charge >= 0.3 is 0 Å². The van der Waals surface area contributed by atoms with Gasteiger partial charge in [0, 0.05) is 22.6 Å². The van der Waals surface area contributed by atoms with Crippen LogP contribution in [-0.4, -0.2) is 43.8 Å². The second-order valence-electron chi connectivity index (χ2n) is 11.2. The van der Waals surface area contributed by atoms with Gasteiger partial charge in [-0.1, -0.05) is 78.9 Å². The van der Waals surface area contributed by atoms with E-state index in [1.54, 1.807) is 54.6 Å². The van der Waals surface area contributed by atoms with E-state index >= 15 is 0 Å². The molecule has 1 N–H and O–H groups in total. The lowest BCUT2D eigenvalue weighted by atomic mass is 10.1. The van der Waals surface area contributed by atoms with Gasteiger partial charge in [0.1, 0.15) is 12.6 Å². The Bertz CT molecular complexity index is 1570. The van der Waals surface area contributed by atoms with E-state index in [1.807, 2.05) is 33.8 Å². The van der Waals surface area contributed by atoms with Crippen molar-refractivity contribution >= 4 is 50.7 Å². The molecule has 43 heavy (non-hydrogen) atoms. The minimum atomic E-state index is -4.15. The zero-order chi connectivity index (χ0) is 31.3. The maximum absolute atomic E-state index is 14.4. The number of anilines is 1. The van der Waals surface area contributed by atoms with Crippen LogP contribution in [0.3, 0.4) is 0 Å². The van der Waals surface area contributed by atoms with Gasteiger partial charge in [-0.3, -0.25) is 13.9 Å². The fourth-order valence-electron chi connectivity index (χ4n) is 5.48. The minimum absolute atomic E-state index is 0.0106. The molecule has 1 saturated carbocycles. The highest BCUT2D eigenvalue weighted by molar-refractivity contribution is 7.92. The molecule has 4 rings (SSSR count). The summed E-state index contributed by atoms with van der Waals surface area (Å²) in [5.74, 6) is -0.774. The zero-order valence-corrected chi connectivity index (χ0v) is 27.4. The molecule has 0 saturated heterocycles. The molecule has 1 unspecified atom stereocenters. The van der Waals surface area contributed by atoms with Crippen LogP contribution in [0.4, 0.5) is 5.69 Å². The van der Waals surface area contributed by atoms with Crippen LogP contribution in [-0.2, 0) is 26.2 Å². The van der Waals surface area contributed by atoms with Gasteiger partial charge in [0.2, 0.25) is 11.8 Å². The van der Waals surface area contributed by atoms with Crippen LogP contribution in [0, 0.1) is 20.8 Å². The third-order valence-electron chi connectivity index (χ3n) is 8.18. The lowest BCUT2D eigenvalue weighted by Crippen LogP contribution is -2.53. The number of hydrogen-bond acceptors (Lipinski definition) is 4. The molecule has 1 fully saturated rings. The van der Waals surface area contributed by atoms with Crippen molar-refractivity contribution in [1.82, 2.24) is 10.2 Å². The van der Waals surface area contributed by atoms with E-state index in [9.17, 15) is 18.0 Å². The minimum Gasteiger partial charge on any atom is -0.352 e. The Morgan fingerprint density at radius 3 is 2.28 bits per heavy atom. The molecular weight excluding hydrogens is 605 g/mol. The smallest absolute Gasteiger partial charge is 0.264 e. The van der Waals surface area contributed by atoms with Crippen molar-refractivity contribution in [2.45, 2.75) is 83.3 Å². The summed E-state index contributed by atoms with van der Waals surface area (Å²) in [6.07, 6.45) is 4.23. The van der Waals surface area contributed by atoms with Crippen LogP contribution in [0.2, 0.25) is 10.0 Å². The molecule has 0 radical (unpaired) electrons. The van der Waals surface area contributed by atoms with E-state index in [1.165, 1.54) is 4.90 Å². The molecular formula is C33H39Cl2N3O4S. The Labute approximate surface area is 265 Å². The summed E-state index contributed by atoms with van der Waals surface area (Å²) in [5, 5.41) is 3.92. The number of aryl methyl sites for hydroxylation is 2. The molecule has 1 atom stereocenters. The molecule has 0 bridgehead atoms. The number of sulfonamides is 1. The van der Waals surface area contributed by atoms with Gasteiger partial charge in [-0.25, -0.2) is 8.42 Å². The van der Waals surface area contributed by atoms with Gasteiger partial charge in [-0.2, -0.15) is 0 Å². The molecule has 230 valence electrons. The predicted molar refractivity (Wildman–Crippen MR) is 173 cm³/mol. The first-order chi connectivity index (χ1) is 20.4. The average molecular weight is 645 g/mol. The Morgan fingerprint density at radius 1 is 0.977 bits per heavy atom. The summed E-state index contributed by atoms with van der Waals surface area (Å²) >= 11 is 12.7. The van der Waals surface area contributed by atoms with Gasteiger partial charge in [-0.05, 0) is 87.1 Å². The molecule has 3 aromatic carbocycles. The second kappa shape index (κ2) is 14.1. The lowest BCUT2D eigenvalue weighted by molar-refractivity contribution is -0.140. The van der Waals surface area contributed by atoms with E-state index in [2.05, 4.69) is 5.32 Å². The number of hydrogen-bond donors (Lipinski definition) is 1. The summed E-state index contributed by atoms with van der Waals surface area (Å²) in [4.78, 5) is 29.5. The molecule has 3 aromatic rings. The summed E-state index contributed by atoms with van der Waals surface area (Å²) in [6, 6.07) is 16.1. The van der Waals surface area contributed by atoms with E-state index in [0.717, 1.165) is 46.7 Å². The van der Waals surface area contributed by atoms with Crippen LogP contribution in [0.25, 0.3) is 0 Å². The highest BCUT2D eigenvalue weighted by Crippen LogP contribution is 2.30. The first-order valence-electron chi connectivity index (χ1n) is 14.6. The van der Waals surface area contributed by atoms with E-state index < -0.39 is 28.5 Å². The number of halogens is 2. The second-order valence-corrected chi connectivity index (χ2v) is 13.9.